The van der Waals surface area contributed by atoms with Gasteiger partial charge in [0.25, 0.3) is 0 Å². The van der Waals surface area contributed by atoms with Crippen LogP contribution in [0.4, 0.5) is 0 Å². The molecule has 0 aliphatic carbocycles. The summed E-state index contributed by atoms with van der Waals surface area (Å²) in [6.45, 7) is 6.63. The maximum Gasteiger partial charge on any atom is 0.306 e. The molecule has 0 aromatic heterocycles. The van der Waals surface area contributed by atoms with Gasteiger partial charge in [-0.25, -0.2) is 0 Å². The van der Waals surface area contributed by atoms with Crippen molar-refractivity contribution >= 4 is 17.9 Å². The van der Waals surface area contributed by atoms with Crippen LogP contribution in [0, 0.1) is 0 Å². The molecule has 0 aromatic rings. The van der Waals surface area contributed by atoms with Crippen LogP contribution in [0.15, 0.2) is 24.3 Å². The number of esters is 3. The molecule has 0 heterocycles. The summed E-state index contributed by atoms with van der Waals surface area (Å²) in [5.41, 5.74) is 0. The van der Waals surface area contributed by atoms with Gasteiger partial charge in [0.2, 0.25) is 0 Å². The lowest BCUT2D eigenvalue weighted by molar-refractivity contribution is -0.167. The summed E-state index contributed by atoms with van der Waals surface area (Å²) < 4.78 is 16.8. The van der Waals surface area contributed by atoms with E-state index in [9.17, 15) is 14.4 Å². The van der Waals surface area contributed by atoms with Crippen molar-refractivity contribution in [1.29, 1.82) is 0 Å². The third-order valence-corrected chi connectivity index (χ3v) is 12.5. The lowest BCUT2D eigenvalue weighted by Gasteiger charge is -2.18. The van der Waals surface area contributed by atoms with E-state index < -0.39 is 6.10 Å². The Morgan fingerprint density at radius 1 is 0.317 bits per heavy atom. The predicted molar refractivity (Wildman–Crippen MR) is 270 cm³/mol. The predicted octanol–water partition coefficient (Wildman–Crippen LogP) is 18.3. The number of carbonyl (C=O) groups excluding carboxylic acids is 3. The van der Waals surface area contributed by atoms with Crippen LogP contribution in [0.2, 0.25) is 0 Å². The van der Waals surface area contributed by atoms with Gasteiger partial charge in [0.05, 0.1) is 0 Å². The van der Waals surface area contributed by atoms with Gasteiger partial charge >= 0.3 is 17.9 Å². The highest BCUT2D eigenvalue weighted by atomic mass is 16.6. The Morgan fingerprint density at radius 3 is 0.921 bits per heavy atom. The van der Waals surface area contributed by atoms with E-state index in [2.05, 4.69) is 45.1 Å². The Labute approximate surface area is 392 Å². The highest BCUT2D eigenvalue weighted by Gasteiger charge is 2.19. The summed E-state index contributed by atoms with van der Waals surface area (Å²) in [6, 6.07) is 0. The molecule has 6 heteroatoms. The summed E-state index contributed by atoms with van der Waals surface area (Å²) in [5.74, 6) is -0.866. The average Bonchev–Trinajstić information content (AvgIpc) is 3.28. The molecular formula is C57H106O6. The monoisotopic (exact) mass is 887 g/mol. The quantitative estimate of drug-likeness (QED) is 0.0262. The first-order valence-corrected chi connectivity index (χ1v) is 27.8. The molecule has 0 unspecified atom stereocenters. The third-order valence-electron chi connectivity index (χ3n) is 12.5. The maximum atomic E-state index is 12.8. The summed E-state index contributed by atoms with van der Waals surface area (Å²) in [7, 11) is 0. The first kappa shape index (κ1) is 60.9. The highest BCUT2D eigenvalue weighted by Crippen LogP contribution is 2.17. The zero-order valence-corrected chi connectivity index (χ0v) is 42.4. The van der Waals surface area contributed by atoms with Crippen LogP contribution in [-0.4, -0.2) is 37.2 Å². The number of hydrogen-bond donors (Lipinski definition) is 0. The number of unbranched alkanes of at least 4 members (excludes halogenated alkanes) is 36. The second-order valence-corrected chi connectivity index (χ2v) is 18.9. The van der Waals surface area contributed by atoms with Crippen molar-refractivity contribution in [1.82, 2.24) is 0 Å². The van der Waals surface area contributed by atoms with Gasteiger partial charge in [-0.2, -0.15) is 0 Å². The SMILES string of the molecule is CCCC/C=C\C/C=C\CCCCCCCC(=O)O[C@H](COC(=O)CCCCCCCCCCCCCCCC)COC(=O)CCCCCCCCCCCCCCCCCCC. The first-order valence-electron chi connectivity index (χ1n) is 27.8. The van der Waals surface area contributed by atoms with E-state index in [1.165, 1.54) is 180 Å². The standard InChI is InChI=1S/C57H106O6/c1-4-7-10-13-16-19-22-25-28-29-30-33-35-38-41-44-47-50-56(59)62-53-54(63-57(60)51-48-45-42-39-36-32-27-24-21-18-15-12-9-6-3)52-61-55(58)49-46-43-40-37-34-31-26-23-20-17-14-11-8-5-2/h15,18,24,27,54H,4-14,16-17,19-23,25-26,28-53H2,1-3H3/b18-15-,27-24-/t54-/m1/s1. The molecule has 0 saturated heterocycles. The lowest BCUT2D eigenvalue weighted by atomic mass is 10.0. The molecule has 0 aromatic carbocycles. The molecule has 0 fully saturated rings. The lowest BCUT2D eigenvalue weighted by Crippen LogP contribution is -2.30. The second kappa shape index (κ2) is 52.5. The molecule has 0 aliphatic rings. The third kappa shape index (κ3) is 50.7. The van der Waals surface area contributed by atoms with Crippen molar-refractivity contribution in [3.05, 3.63) is 24.3 Å². The number of hydrogen-bond acceptors (Lipinski definition) is 6. The normalized spacial score (nSPS) is 12.1. The summed E-state index contributed by atoms with van der Waals surface area (Å²) >= 11 is 0. The molecule has 0 saturated carbocycles. The van der Waals surface area contributed by atoms with Crippen LogP contribution in [-0.2, 0) is 28.6 Å². The molecule has 0 spiro atoms. The number of carbonyl (C=O) groups is 3. The van der Waals surface area contributed by atoms with E-state index in [0.29, 0.717) is 19.3 Å². The van der Waals surface area contributed by atoms with Gasteiger partial charge in [-0.1, -0.05) is 263 Å². The van der Waals surface area contributed by atoms with Crippen LogP contribution >= 0.6 is 0 Å². The zero-order chi connectivity index (χ0) is 45.8. The van der Waals surface area contributed by atoms with E-state index in [1.807, 2.05) is 0 Å². The van der Waals surface area contributed by atoms with Crippen molar-refractivity contribution < 1.29 is 28.6 Å². The summed E-state index contributed by atoms with van der Waals surface area (Å²) in [5, 5.41) is 0. The second-order valence-electron chi connectivity index (χ2n) is 18.9. The van der Waals surface area contributed by atoms with Crippen LogP contribution in [0.3, 0.4) is 0 Å². The molecule has 0 rings (SSSR count). The van der Waals surface area contributed by atoms with E-state index in [1.54, 1.807) is 0 Å². The van der Waals surface area contributed by atoms with E-state index in [0.717, 1.165) is 83.5 Å². The minimum absolute atomic E-state index is 0.0717. The van der Waals surface area contributed by atoms with Crippen molar-refractivity contribution in [3.63, 3.8) is 0 Å². The van der Waals surface area contributed by atoms with Crippen LogP contribution in [0.5, 0.6) is 0 Å². The van der Waals surface area contributed by atoms with Gasteiger partial charge in [0.1, 0.15) is 13.2 Å². The smallest absolute Gasteiger partial charge is 0.306 e. The van der Waals surface area contributed by atoms with Crippen molar-refractivity contribution in [2.75, 3.05) is 13.2 Å². The van der Waals surface area contributed by atoms with Gasteiger partial charge in [-0.15, -0.1) is 0 Å². The Morgan fingerprint density at radius 2 is 0.587 bits per heavy atom. The number of rotatable bonds is 51. The minimum Gasteiger partial charge on any atom is -0.462 e. The Bertz CT molecular complexity index is 1020. The largest absolute Gasteiger partial charge is 0.462 e. The van der Waals surface area contributed by atoms with E-state index in [-0.39, 0.29) is 31.1 Å². The van der Waals surface area contributed by atoms with E-state index >= 15 is 0 Å². The molecular weight excluding hydrogens is 781 g/mol. The Balaban J connectivity index is 4.33. The van der Waals surface area contributed by atoms with Gasteiger partial charge in [-0.05, 0) is 44.9 Å². The van der Waals surface area contributed by atoms with E-state index in [4.69, 9.17) is 14.2 Å². The highest BCUT2D eigenvalue weighted by molar-refractivity contribution is 5.71. The summed E-state index contributed by atoms with van der Waals surface area (Å²) in [6.07, 6.45) is 60.2. The van der Waals surface area contributed by atoms with Crippen molar-refractivity contribution in [3.8, 4) is 0 Å². The molecule has 1 atom stereocenters. The molecule has 0 aliphatic heterocycles. The zero-order valence-electron chi connectivity index (χ0n) is 42.4. The first-order chi connectivity index (χ1) is 31.0. The van der Waals surface area contributed by atoms with Gasteiger partial charge in [0, 0.05) is 19.3 Å². The van der Waals surface area contributed by atoms with Crippen molar-refractivity contribution in [2.24, 2.45) is 0 Å². The van der Waals surface area contributed by atoms with Gasteiger partial charge < -0.3 is 14.2 Å². The minimum atomic E-state index is -0.773. The fourth-order valence-corrected chi connectivity index (χ4v) is 8.23. The number of allylic oxidation sites excluding steroid dienone is 4. The molecule has 0 amide bonds. The fraction of sp³-hybridized carbons (Fsp3) is 0.877. The molecule has 63 heavy (non-hydrogen) atoms. The Kier molecular flexibility index (Phi) is 50.8. The molecule has 370 valence electrons. The molecule has 0 radical (unpaired) electrons. The summed E-state index contributed by atoms with van der Waals surface area (Å²) in [4.78, 5) is 38.1. The van der Waals surface area contributed by atoms with Crippen LogP contribution in [0.1, 0.15) is 303 Å². The Hall–Kier alpha value is -2.11. The van der Waals surface area contributed by atoms with Crippen LogP contribution < -0.4 is 0 Å². The molecule has 6 nitrogen and oxygen atoms in total. The number of ether oxygens (including phenoxy) is 3. The fourth-order valence-electron chi connectivity index (χ4n) is 8.23. The maximum absolute atomic E-state index is 12.8. The van der Waals surface area contributed by atoms with Crippen molar-refractivity contribution in [2.45, 2.75) is 309 Å². The van der Waals surface area contributed by atoms with Crippen LogP contribution in [0.25, 0.3) is 0 Å². The molecule has 0 N–H and O–H groups in total. The molecule has 0 bridgehead atoms. The van der Waals surface area contributed by atoms with Gasteiger partial charge in [-0.3, -0.25) is 14.4 Å². The van der Waals surface area contributed by atoms with Gasteiger partial charge in [0.15, 0.2) is 6.10 Å². The average molecular weight is 887 g/mol. The topological polar surface area (TPSA) is 78.9 Å².